The third-order valence-electron chi connectivity index (χ3n) is 7.33. The topological polar surface area (TPSA) is 77.2 Å². The molecule has 6 rings (SSSR count). The number of nitrogens with zero attached hydrogens (tertiary/aromatic N) is 2. The van der Waals surface area contributed by atoms with Crippen molar-refractivity contribution in [1.82, 2.24) is 15.5 Å². The lowest BCUT2D eigenvalue weighted by Crippen LogP contribution is -2.56. The van der Waals surface area contributed by atoms with E-state index in [1.807, 2.05) is 0 Å². The van der Waals surface area contributed by atoms with Gasteiger partial charge in [0.15, 0.2) is 6.61 Å². The van der Waals surface area contributed by atoms with Crippen LogP contribution in [0.4, 0.5) is 4.39 Å². The number of thioether (sulfide) groups is 1. The molecule has 0 aliphatic heterocycles. The Kier molecular flexibility index (Phi) is 5.67. The van der Waals surface area contributed by atoms with Gasteiger partial charge in [-0.25, -0.2) is 4.39 Å². The molecule has 0 unspecified atom stereocenters. The summed E-state index contributed by atoms with van der Waals surface area (Å²) in [5.74, 6) is 3.38. The van der Waals surface area contributed by atoms with Gasteiger partial charge in [0.05, 0.1) is 5.75 Å². The fourth-order valence-corrected chi connectivity index (χ4v) is 6.89. The van der Waals surface area contributed by atoms with Crippen molar-refractivity contribution in [2.45, 2.75) is 63.3 Å². The van der Waals surface area contributed by atoms with Gasteiger partial charge in [-0.15, -0.1) is 10.2 Å². The van der Waals surface area contributed by atoms with E-state index in [1.165, 1.54) is 74.6 Å². The SMILES string of the molecule is C[C@@H](NC(=O)CSc1nnc(COc2ccc(F)cc2)o1)C12CC3CC(CC(C3)C1)C2. The Labute approximate surface area is 185 Å². The number of carbonyl (C=O) groups is 1. The number of halogens is 1. The van der Waals surface area contributed by atoms with E-state index in [4.69, 9.17) is 9.15 Å². The van der Waals surface area contributed by atoms with Gasteiger partial charge in [-0.2, -0.15) is 0 Å². The molecule has 0 radical (unpaired) electrons. The van der Waals surface area contributed by atoms with Crippen molar-refractivity contribution in [2.75, 3.05) is 5.75 Å². The summed E-state index contributed by atoms with van der Waals surface area (Å²) < 4.78 is 24.0. The second kappa shape index (κ2) is 8.45. The van der Waals surface area contributed by atoms with Crippen LogP contribution in [0.25, 0.3) is 0 Å². The van der Waals surface area contributed by atoms with Gasteiger partial charge in [0, 0.05) is 6.04 Å². The maximum absolute atomic E-state index is 12.9. The van der Waals surface area contributed by atoms with Crippen molar-refractivity contribution in [3.63, 3.8) is 0 Å². The molecule has 6 nitrogen and oxygen atoms in total. The number of amides is 1. The molecule has 4 bridgehead atoms. The van der Waals surface area contributed by atoms with Crippen LogP contribution in [0, 0.1) is 29.0 Å². The number of carbonyl (C=O) groups excluding carboxylic acids is 1. The Morgan fingerprint density at radius 3 is 2.48 bits per heavy atom. The molecule has 1 N–H and O–H groups in total. The lowest BCUT2D eigenvalue weighted by atomic mass is 9.48. The summed E-state index contributed by atoms with van der Waals surface area (Å²) in [5.41, 5.74) is 0.296. The van der Waals surface area contributed by atoms with E-state index in [2.05, 4.69) is 22.4 Å². The number of hydrogen-bond donors (Lipinski definition) is 1. The fraction of sp³-hybridized carbons (Fsp3) is 0.609. The van der Waals surface area contributed by atoms with E-state index in [0.717, 1.165) is 17.8 Å². The quantitative estimate of drug-likeness (QED) is 0.599. The molecule has 4 aliphatic rings. The molecule has 1 aromatic carbocycles. The largest absolute Gasteiger partial charge is 0.484 e. The molecule has 1 heterocycles. The predicted molar refractivity (Wildman–Crippen MR) is 114 cm³/mol. The summed E-state index contributed by atoms with van der Waals surface area (Å²) >= 11 is 1.23. The number of nitrogens with one attached hydrogen (secondary N) is 1. The van der Waals surface area contributed by atoms with Crippen LogP contribution in [-0.4, -0.2) is 27.9 Å². The predicted octanol–water partition coefficient (Wildman–Crippen LogP) is 4.60. The van der Waals surface area contributed by atoms with Gasteiger partial charge >= 0.3 is 0 Å². The van der Waals surface area contributed by atoms with Crippen LogP contribution in [0.15, 0.2) is 33.9 Å². The molecular weight excluding hydrogens is 417 g/mol. The van der Waals surface area contributed by atoms with Crippen molar-refractivity contribution in [1.29, 1.82) is 0 Å². The summed E-state index contributed by atoms with van der Waals surface area (Å²) in [6.07, 6.45) is 8.03. The van der Waals surface area contributed by atoms with Crippen LogP contribution in [0.1, 0.15) is 51.3 Å². The Balaban J connectivity index is 1.09. The summed E-state index contributed by atoms with van der Waals surface area (Å²) in [6, 6.07) is 5.94. The van der Waals surface area contributed by atoms with E-state index in [0.29, 0.717) is 22.3 Å². The Bertz CT molecular complexity index is 897. The number of aromatic nitrogens is 2. The average Bonchev–Trinajstić information content (AvgIpc) is 3.19. The molecule has 0 saturated heterocycles. The van der Waals surface area contributed by atoms with E-state index >= 15 is 0 Å². The zero-order chi connectivity index (χ0) is 21.4. The van der Waals surface area contributed by atoms with Gasteiger partial charge in [-0.3, -0.25) is 4.79 Å². The Morgan fingerprint density at radius 1 is 1.19 bits per heavy atom. The summed E-state index contributed by atoms with van der Waals surface area (Å²) in [4.78, 5) is 12.6. The normalized spacial score (nSPS) is 29.7. The average molecular weight is 446 g/mol. The van der Waals surface area contributed by atoms with Crippen LogP contribution in [0.3, 0.4) is 0 Å². The van der Waals surface area contributed by atoms with Gasteiger partial charge in [0.25, 0.3) is 11.1 Å². The van der Waals surface area contributed by atoms with Crippen LogP contribution in [0.2, 0.25) is 0 Å². The fourth-order valence-electron chi connectivity index (χ4n) is 6.30. The number of ether oxygens (including phenoxy) is 1. The molecule has 166 valence electrons. The molecule has 4 fully saturated rings. The molecule has 8 heteroatoms. The molecule has 4 aliphatic carbocycles. The minimum Gasteiger partial charge on any atom is -0.484 e. The van der Waals surface area contributed by atoms with Crippen molar-refractivity contribution >= 4 is 17.7 Å². The first-order chi connectivity index (χ1) is 15.0. The smallest absolute Gasteiger partial charge is 0.277 e. The summed E-state index contributed by atoms with van der Waals surface area (Å²) in [5, 5.41) is 11.5. The second-order valence-corrected chi connectivity index (χ2v) is 10.5. The van der Waals surface area contributed by atoms with Gasteiger partial charge < -0.3 is 14.5 Å². The first-order valence-corrected chi connectivity index (χ1v) is 12.1. The van der Waals surface area contributed by atoms with E-state index in [1.54, 1.807) is 0 Å². The van der Waals surface area contributed by atoms with Crippen LogP contribution in [-0.2, 0) is 11.4 Å². The maximum atomic E-state index is 12.9. The number of hydrogen-bond acceptors (Lipinski definition) is 6. The van der Waals surface area contributed by atoms with Crippen LogP contribution < -0.4 is 10.1 Å². The minimum atomic E-state index is -0.320. The highest BCUT2D eigenvalue weighted by Gasteiger charge is 2.53. The molecule has 1 aromatic heterocycles. The molecule has 4 saturated carbocycles. The Hall–Kier alpha value is -2.09. The highest BCUT2D eigenvalue weighted by Crippen LogP contribution is 2.61. The van der Waals surface area contributed by atoms with Gasteiger partial charge in [-0.05, 0) is 92.9 Å². The van der Waals surface area contributed by atoms with Crippen LogP contribution in [0.5, 0.6) is 5.75 Å². The van der Waals surface area contributed by atoms with E-state index < -0.39 is 0 Å². The standard InChI is InChI=1S/C23H28FN3O3S/c1-14(23-9-15-6-16(10-23)8-17(7-15)11-23)25-20(28)13-31-22-27-26-21(30-22)12-29-19-4-2-18(24)3-5-19/h2-5,14-17H,6-13H2,1H3,(H,25,28)/t14-,15?,16?,17?,23?/m1/s1. The van der Waals surface area contributed by atoms with E-state index in [-0.39, 0.29) is 30.1 Å². The second-order valence-electron chi connectivity index (χ2n) is 9.56. The highest BCUT2D eigenvalue weighted by atomic mass is 32.2. The van der Waals surface area contributed by atoms with Gasteiger partial charge in [-0.1, -0.05) is 11.8 Å². The van der Waals surface area contributed by atoms with Crippen molar-refractivity contribution in [3.05, 3.63) is 36.0 Å². The molecule has 31 heavy (non-hydrogen) atoms. The first kappa shape index (κ1) is 20.8. The lowest BCUT2D eigenvalue weighted by Gasteiger charge is -2.59. The molecule has 2 aromatic rings. The zero-order valence-electron chi connectivity index (χ0n) is 17.7. The third kappa shape index (κ3) is 4.59. The summed E-state index contributed by atoms with van der Waals surface area (Å²) in [7, 11) is 0. The molecule has 0 spiro atoms. The lowest BCUT2D eigenvalue weighted by molar-refractivity contribution is -0.123. The van der Waals surface area contributed by atoms with Gasteiger partial charge in [0.2, 0.25) is 5.91 Å². The minimum absolute atomic E-state index is 0.00978. The third-order valence-corrected chi connectivity index (χ3v) is 8.15. The molecule has 1 atom stereocenters. The Morgan fingerprint density at radius 2 is 1.84 bits per heavy atom. The van der Waals surface area contributed by atoms with Gasteiger partial charge in [0.1, 0.15) is 11.6 Å². The first-order valence-electron chi connectivity index (χ1n) is 11.1. The van der Waals surface area contributed by atoms with Crippen molar-refractivity contribution < 1.29 is 18.3 Å². The van der Waals surface area contributed by atoms with Crippen molar-refractivity contribution in [2.24, 2.45) is 23.2 Å². The van der Waals surface area contributed by atoms with Crippen LogP contribution >= 0.6 is 11.8 Å². The summed E-state index contributed by atoms with van der Waals surface area (Å²) in [6.45, 7) is 2.28. The highest BCUT2D eigenvalue weighted by molar-refractivity contribution is 7.99. The maximum Gasteiger partial charge on any atom is 0.277 e. The van der Waals surface area contributed by atoms with Crippen molar-refractivity contribution in [3.8, 4) is 5.75 Å². The number of rotatable bonds is 8. The van der Waals surface area contributed by atoms with E-state index in [9.17, 15) is 9.18 Å². The molecular formula is C23H28FN3O3S. The monoisotopic (exact) mass is 445 g/mol. The zero-order valence-corrected chi connectivity index (χ0v) is 18.5. The number of benzene rings is 1. The molecule has 1 amide bonds.